The molecule has 0 saturated heterocycles. The summed E-state index contributed by atoms with van der Waals surface area (Å²) < 4.78 is 5.73. The van der Waals surface area contributed by atoms with Gasteiger partial charge >= 0.3 is 5.97 Å². The van der Waals surface area contributed by atoms with Gasteiger partial charge in [-0.15, -0.1) is 0 Å². The lowest BCUT2D eigenvalue weighted by atomic mass is 9.86. The molecule has 19 heavy (non-hydrogen) atoms. The van der Waals surface area contributed by atoms with E-state index in [9.17, 15) is 4.79 Å². The number of carbonyl (C=O) groups is 1. The van der Waals surface area contributed by atoms with E-state index >= 15 is 0 Å². The van der Waals surface area contributed by atoms with Gasteiger partial charge in [0.2, 0.25) is 0 Å². The van der Waals surface area contributed by atoms with E-state index in [1.807, 2.05) is 30.3 Å². The largest absolute Gasteiger partial charge is 0.458 e. The minimum absolute atomic E-state index is 0.0730. The number of rotatable bonds is 4. The highest BCUT2D eigenvalue weighted by Crippen LogP contribution is 2.28. The van der Waals surface area contributed by atoms with Gasteiger partial charge < -0.3 is 9.64 Å². The van der Waals surface area contributed by atoms with Crippen molar-refractivity contribution >= 4 is 5.97 Å². The number of hydrogen-bond donors (Lipinski definition) is 0. The normalized spacial score (nSPS) is 23.3. The monoisotopic (exact) mass is 261 g/mol. The van der Waals surface area contributed by atoms with Crippen LogP contribution in [0.15, 0.2) is 30.3 Å². The highest BCUT2D eigenvalue weighted by Gasteiger charge is 2.28. The Morgan fingerprint density at radius 1 is 1.21 bits per heavy atom. The molecule has 1 fully saturated rings. The zero-order valence-corrected chi connectivity index (χ0v) is 11.8. The maximum atomic E-state index is 12.1. The van der Waals surface area contributed by atoms with Crippen LogP contribution < -0.4 is 0 Å². The molecule has 2 atom stereocenters. The minimum atomic E-state index is -0.184. The standard InChI is InChI=1S/C16H23NO2/c1-17(2)12-14-10-6-7-11-15(14)19-16(18)13-8-4-3-5-9-13/h3-5,8-9,14-15H,6-7,10-12H2,1-2H3/t14-,15+/m0/s1. The molecule has 1 aliphatic carbocycles. The maximum absolute atomic E-state index is 12.1. The third kappa shape index (κ3) is 4.06. The van der Waals surface area contributed by atoms with E-state index in [1.54, 1.807) is 0 Å². The summed E-state index contributed by atoms with van der Waals surface area (Å²) in [6.45, 7) is 0.993. The first-order valence-corrected chi connectivity index (χ1v) is 7.07. The average molecular weight is 261 g/mol. The molecule has 2 rings (SSSR count). The Balaban J connectivity index is 1.97. The Morgan fingerprint density at radius 2 is 1.89 bits per heavy atom. The zero-order valence-electron chi connectivity index (χ0n) is 11.8. The molecule has 0 aliphatic heterocycles. The van der Waals surface area contributed by atoms with Crippen molar-refractivity contribution in [1.82, 2.24) is 4.90 Å². The molecule has 0 bridgehead atoms. The van der Waals surface area contributed by atoms with Crippen LogP contribution in [0.3, 0.4) is 0 Å². The van der Waals surface area contributed by atoms with E-state index in [0.29, 0.717) is 11.5 Å². The van der Waals surface area contributed by atoms with E-state index in [0.717, 1.165) is 25.8 Å². The van der Waals surface area contributed by atoms with Crippen molar-refractivity contribution in [2.24, 2.45) is 5.92 Å². The summed E-state index contributed by atoms with van der Waals surface area (Å²) in [5, 5.41) is 0. The van der Waals surface area contributed by atoms with Crippen molar-refractivity contribution < 1.29 is 9.53 Å². The van der Waals surface area contributed by atoms with Crippen molar-refractivity contribution in [3.63, 3.8) is 0 Å². The second-order valence-electron chi connectivity index (χ2n) is 5.62. The molecular weight excluding hydrogens is 238 g/mol. The molecule has 0 spiro atoms. The smallest absolute Gasteiger partial charge is 0.338 e. The highest BCUT2D eigenvalue weighted by molar-refractivity contribution is 5.89. The predicted molar refractivity (Wildman–Crippen MR) is 76.2 cm³/mol. The zero-order chi connectivity index (χ0) is 13.7. The topological polar surface area (TPSA) is 29.5 Å². The van der Waals surface area contributed by atoms with Gasteiger partial charge in [-0.2, -0.15) is 0 Å². The van der Waals surface area contributed by atoms with Gasteiger partial charge in [0.05, 0.1) is 5.56 Å². The van der Waals surface area contributed by atoms with Crippen LogP contribution in [0, 0.1) is 5.92 Å². The molecule has 3 nitrogen and oxygen atoms in total. The molecular formula is C16H23NO2. The fourth-order valence-electron chi connectivity index (χ4n) is 2.79. The summed E-state index contributed by atoms with van der Waals surface area (Å²) in [5.41, 5.74) is 0.650. The van der Waals surface area contributed by atoms with E-state index < -0.39 is 0 Å². The van der Waals surface area contributed by atoms with Crippen LogP contribution >= 0.6 is 0 Å². The van der Waals surface area contributed by atoms with Crippen molar-refractivity contribution in [1.29, 1.82) is 0 Å². The first-order chi connectivity index (χ1) is 9.16. The second kappa shape index (κ2) is 6.71. The lowest BCUT2D eigenvalue weighted by Crippen LogP contribution is -2.36. The van der Waals surface area contributed by atoms with E-state index in [-0.39, 0.29) is 12.1 Å². The molecule has 1 aliphatic rings. The Morgan fingerprint density at radius 3 is 2.58 bits per heavy atom. The molecule has 1 saturated carbocycles. The van der Waals surface area contributed by atoms with Gasteiger partial charge in [0.15, 0.2) is 0 Å². The SMILES string of the molecule is CN(C)C[C@@H]1CCCC[C@H]1OC(=O)c1ccccc1. The predicted octanol–water partition coefficient (Wildman–Crippen LogP) is 2.96. The number of carbonyl (C=O) groups excluding carboxylic acids is 1. The molecule has 1 aromatic rings. The Bertz CT molecular complexity index is 402. The molecule has 1 aromatic carbocycles. The number of benzene rings is 1. The van der Waals surface area contributed by atoms with Crippen molar-refractivity contribution in [3.05, 3.63) is 35.9 Å². The van der Waals surface area contributed by atoms with Gasteiger partial charge in [0.1, 0.15) is 6.10 Å². The number of hydrogen-bond acceptors (Lipinski definition) is 3. The van der Waals surface area contributed by atoms with Gasteiger partial charge in [0.25, 0.3) is 0 Å². The summed E-state index contributed by atoms with van der Waals surface area (Å²) >= 11 is 0. The van der Waals surface area contributed by atoms with Crippen LogP contribution in [0.25, 0.3) is 0 Å². The van der Waals surface area contributed by atoms with E-state index in [2.05, 4.69) is 19.0 Å². The summed E-state index contributed by atoms with van der Waals surface area (Å²) in [7, 11) is 4.15. The Labute approximate surface area is 115 Å². The molecule has 0 unspecified atom stereocenters. The van der Waals surface area contributed by atoms with Crippen LogP contribution in [0.1, 0.15) is 36.0 Å². The quantitative estimate of drug-likeness (QED) is 0.780. The summed E-state index contributed by atoms with van der Waals surface area (Å²) in [6.07, 6.45) is 4.64. The van der Waals surface area contributed by atoms with Gasteiger partial charge in [-0.25, -0.2) is 4.79 Å². The lowest BCUT2D eigenvalue weighted by Gasteiger charge is -2.32. The first kappa shape index (κ1) is 14.1. The number of nitrogens with zero attached hydrogens (tertiary/aromatic N) is 1. The second-order valence-corrected chi connectivity index (χ2v) is 5.62. The van der Waals surface area contributed by atoms with Crippen LogP contribution in [0.4, 0.5) is 0 Å². The first-order valence-electron chi connectivity index (χ1n) is 7.07. The molecule has 0 N–H and O–H groups in total. The fourth-order valence-corrected chi connectivity index (χ4v) is 2.79. The van der Waals surface area contributed by atoms with Crippen LogP contribution in [-0.2, 0) is 4.74 Å². The molecule has 104 valence electrons. The molecule has 0 heterocycles. The third-order valence-corrected chi connectivity index (χ3v) is 3.71. The van der Waals surface area contributed by atoms with Gasteiger partial charge in [-0.1, -0.05) is 24.6 Å². The van der Waals surface area contributed by atoms with Crippen LogP contribution in [-0.4, -0.2) is 37.6 Å². The Kier molecular flexibility index (Phi) is 4.97. The summed E-state index contributed by atoms with van der Waals surface area (Å²) in [4.78, 5) is 14.3. The third-order valence-electron chi connectivity index (χ3n) is 3.71. The highest BCUT2D eigenvalue weighted by atomic mass is 16.5. The lowest BCUT2D eigenvalue weighted by molar-refractivity contribution is -0.00324. The van der Waals surface area contributed by atoms with Gasteiger partial charge in [-0.05, 0) is 45.5 Å². The maximum Gasteiger partial charge on any atom is 0.338 e. The van der Waals surface area contributed by atoms with Gasteiger partial charge in [0, 0.05) is 12.5 Å². The minimum Gasteiger partial charge on any atom is -0.458 e. The number of ether oxygens (including phenoxy) is 1. The molecule has 0 radical (unpaired) electrons. The van der Waals surface area contributed by atoms with Crippen molar-refractivity contribution in [2.75, 3.05) is 20.6 Å². The van der Waals surface area contributed by atoms with Crippen molar-refractivity contribution in [2.45, 2.75) is 31.8 Å². The van der Waals surface area contributed by atoms with Crippen LogP contribution in [0.2, 0.25) is 0 Å². The summed E-state index contributed by atoms with van der Waals surface area (Å²) in [6, 6.07) is 9.27. The molecule has 0 amide bonds. The number of esters is 1. The van der Waals surface area contributed by atoms with Gasteiger partial charge in [-0.3, -0.25) is 0 Å². The molecule has 3 heteroatoms. The Hall–Kier alpha value is -1.35. The molecule has 0 aromatic heterocycles. The van der Waals surface area contributed by atoms with Crippen molar-refractivity contribution in [3.8, 4) is 0 Å². The average Bonchev–Trinajstić information content (AvgIpc) is 2.41. The fraction of sp³-hybridized carbons (Fsp3) is 0.562. The summed E-state index contributed by atoms with van der Waals surface area (Å²) in [5.74, 6) is 0.285. The van der Waals surface area contributed by atoms with E-state index in [4.69, 9.17) is 4.74 Å². The van der Waals surface area contributed by atoms with E-state index in [1.165, 1.54) is 6.42 Å². The van der Waals surface area contributed by atoms with Crippen LogP contribution in [0.5, 0.6) is 0 Å².